The molecule has 1 aromatic heterocycles. The summed E-state index contributed by atoms with van der Waals surface area (Å²) in [6.45, 7) is 0.444. The number of amides is 2. The van der Waals surface area contributed by atoms with E-state index >= 15 is 0 Å². The molecule has 1 rings (SSSR count). The van der Waals surface area contributed by atoms with Crippen LogP contribution < -0.4 is 4.72 Å². The normalized spacial score (nSPS) is 9.80. The van der Waals surface area contributed by atoms with E-state index in [1.807, 2.05) is 6.07 Å². The summed E-state index contributed by atoms with van der Waals surface area (Å²) in [4.78, 5) is 16.9. The first-order valence-electron chi connectivity index (χ1n) is 4.28. The summed E-state index contributed by atoms with van der Waals surface area (Å²) in [5, 5.41) is 0.432. The molecule has 0 spiro atoms. The molecule has 0 saturated heterocycles. The maximum absolute atomic E-state index is 11.4. The van der Waals surface area contributed by atoms with E-state index < -0.39 is 0 Å². The standard InChI is InChI=1S/C9H12ClN3OS/c1-13(9(14)12-15-2)6-7-4-3-5-11-8(7)10/h3-5H,6H2,1-2H3,(H,12,14). The van der Waals surface area contributed by atoms with Crippen LogP contribution in [0.25, 0.3) is 0 Å². The van der Waals surface area contributed by atoms with E-state index in [2.05, 4.69) is 9.71 Å². The monoisotopic (exact) mass is 245 g/mol. The van der Waals surface area contributed by atoms with E-state index in [1.54, 1.807) is 30.5 Å². The molecule has 0 radical (unpaired) electrons. The number of urea groups is 1. The molecule has 4 nitrogen and oxygen atoms in total. The van der Waals surface area contributed by atoms with E-state index in [0.29, 0.717) is 11.7 Å². The molecule has 0 fully saturated rings. The Bertz CT molecular complexity index is 348. The highest BCUT2D eigenvalue weighted by atomic mass is 35.5. The fourth-order valence-corrected chi connectivity index (χ4v) is 1.54. The lowest BCUT2D eigenvalue weighted by atomic mass is 10.3. The lowest BCUT2D eigenvalue weighted by Gasteiger charge is -2.17. The highest BCUT2D eigenvalue weighted by molar-refractivity contribution is 7.97. The molecule has 1 N–H and O–H groups in total. The molecule has 6 heteroatoms. The van der Waals surface area contributed by atoms with Gasteiger partial charge in [-0.15, -0.1) is 0 Å². The Kier molecular flexibility index (Phi) is 4.71. The molecule has 1 aromatic rings. The molecular formula is C9H12ClN3OS. The van der Waals surface area contributed by atoms with E-state index in [-0.39, 0.29) is 6.03 Å². The Balaban J connectivity index is 2.62. The van der Waals surface area contributed by atoms with Gasteiger partial charge in [-0.25, -0.2) is 9.78 Å². The minimum Gasteiger partial charge on any atom is -0.323 e. The summed E-state index contributed by atoms with van der Waals surface area (Å²) in [5.74, 6) is 0. The van der Waals surface area contributed by atoms with Gasteiger partial charge >= 0.3 is 6.03 Å². The maximum atomic E-state index is 11.4. The molecule has 0 bridgehead atoms. The van der Waals surface area contributed by atoms with E-state index in [4.69, 9.17) is 11.6 Å². The average molecular weight is 246 g/mol. The first-order chi connectivity index (χ1) is 7.15. The van der Waals surface area contributed by atoms with Gasteiger partial charge in [0.05, 0.1) is 6.54 Å². The smallest absolute Gasteiger partial charge is 0.323 e. The van der Waals surface area contributed by atoms with E-state index in [0.717, 1.165) is 5.56 Å². The van der Waals surface area contributed by atoms with Crippen LogP contribution in [0.5, 0.6) is 0 Å². The van der Waals surface area contributed by atoms with Crippen molar-refractivity contribution in [2.24, 2.45) is 0 Å². The van der Waals surface area contributed by atoms with Crippen LogP contribution in [0.15, 0.2) is 18.3 Å². The van der Waals surface area contributed by atoms with E-state index in [9.17, 15) is 4.79 Å². The molecule has 0 aliphatic carbocycles. The second kappa shape index (κ2) is 5.82. The predicted molar refractivity (Wildman–Crippen MR) is 62.8 cm³/mol. The van der Waals surface area contributed by atoms with Gasteiger partial charge in [-0.3, -0.25) is 4.72 Å². The van der Waals surface area contributed by atoms with Gasteiger partial charge < -0.3 is 4.90 Å². The van der Waals surface area contributed by atoms with Gasteiger partial charge in [0.1, 0.15) is 5.15 Å². The van der Waals surface area contributed by atoms with Crippen molar-refractivity contribution in [1.82, 2.24) is 14.6 Å². The van der Waals surface area contributed by atoms with Gasteiger partial charge in [-0.2, -0.15) is 0 Å². The Hall–Kier alpha value is -0.940. The number of carbonyl (C=O) groups excluding carboxylic acids is 1. The topological polar surface area (TPSA) is 45.2 Å². The summed E-state index contributed by atoms with van der Waals surface area (Å²) in [5.41, 5.74) is 0.831. The number of aromatic nitrogens is 1. The number of halogens is 1. The van der Waals surface area contributed by atoms with Crippen LogP contribution in [-0.4, -0.2) is 29.2 Å². The van der Waals surface area contributed by atoms with Crippen molar-refractivity contribution < 1.29 is 4.79 Å². The van der Waals surface area contributed by atoms with Crippen molar-refractivity contribution in [1.29, 1.82) is 0 Å². The van der Waals surface area contributed by atoms with Crippen molar-refractivity contribution in [3.8, 4) is 0 Å². The molecular weight excluding hydrogens is 234 g/mol. The van der Waals surface area contributed by atoms with Gasteiger partial charge in [0, 0.05) is 25.1 Å². The van der Waals surface area contributed by atoms with Crippen molar-refractivity contribution >= 4 is 29.6 Å². The van der Waals surface area contributed by atoms with Crippen LogP contribution in [0.1, 0.15) is 5.56 Å². The minimum absolute atomic E-state index is 0.151. The Morgan fingerprint density at radius 2 is 2.47 bits per heavy atom. The zero-order valence-corrected chi connectivity index (χ0v) is 10.1. The van der Waals surface area contributed by atoms with Crippen molar-refractivity contribution in [3.63, 3.8) is 0 Å². The number of hydrogen-bond donors (Lipinski definition) is 1. The zero-order chi connectivity index (χ0) is 11.3. The van der Waals surface area contributed by atoms with Crippen LogP contribution in [-0.2, 0) is 6.54 Å². The third-order valence-corrected chi connectivity index (χ3v) is 2.50. The van der Waals surface area contributed by atoms with Gasteiger partial charge in [-0.1, -0.05) is 29.6 Å². The van der Waals surface area contributed by atoms with Crippen molar-refractivity contribution in [3.05, 3.63) is 29.0 Å². The number of nitrogens with one attached hydrogen (secondary N) is 1. The third kappa shape index (κ3) is 3.60. The molecule has 0 unspecified atom stereocenters. The molecule has 0 atom stereocenters. The lowest BCUT2D eigenvalue weighted by Crippen LogP contribution is -2.33. The molecule has 2 amide bonds. The average Bonchev–Trinajstić information content (AvgIpc) is 2.21. The fraction of sp³-hybridized carbons (Fsp3) is 0.333. The van der Waals surface area contributed by atoms with Gasteiger partial charge in [0.15, 0.2) is 0 Å². The van der Waals surface area contributed by atoms with Crippen LogP contribution in [0.4, 0.5) is 4.79 Å². The summed E-state index contributed by atoms with van der Waals surface area (Å²) >= 11 is 7.14. The molecule has 15 heavy (non-hydrogen) atoms. The number of rotatable bonds is 3. The fourth-order valence-electron chi connectivity index (χ4n) is 1.03. The molecule has 0 saturated carbocycles. The van der Waals surface area contributed by atoms with E-state index in [1.165, 1.54) is 11.9 Å². The van der Waals surface area contributed by atoms with Crippen LogP contribution in [0, 0.1) is 0 Å². The van der Waals surface area contributed by atoms with Crippen LogP contribution >= 0.6 is 23.5 Å². The third-order valence-electron chi connectivity index (χ3n) is 1.78. The molecule has 0 aliphatic rings. The first kappa shape index (κ1) is 12.1. The Morgan fingerprint density at radius 1 is 1.73 bits per heavy atom. The number of nitrogens with zero attached hydrogens (tertiary/aromatic N) is 2. The largest absolute Gasteiger partial charge is 0.327 e. The first-order valence-corrected chi connectivity index (χ1v) is 5.89. The number of carbonyl (C=O) groups is 1. The molecule has 0 aromatic carbocycles. The SMILES string of the molecule is CSNC(=O)N(C)Cc1cccnc1Cl. The molecule has 1 heterocycles. The Morgan fingerprint density at radius 3 is 3.07 bits per heavy atom. The van der Waals surface area contributed by atoms with Crippen LogP contribution in [0.3, 0.4) is 0 Å². The van der Waals surface area contributed by atoms with Crippen molar-refractivity contribution in [2.75, 3.05) is 13.3 Å². The van der Waals surface area contributed by atoms with Gasteiger partial charge in [0.25, 0.3) is 0 Å². The predicted octanol–water partition coefficient (Wildman–Crippen LogP) is 2.15. The highest BCUT2D eigenvalue weighted by Crippen LogP contribution is 2.13. The number of pyridine rings is 1. The summed E-state index contributed by atoms with van der Waals surface area (Å²) < 4.78 is 2.63. The lowest BCUT2D eigenvalue weighted by molar-refractivity contribution is 0.213. The second-order valence-corrected chi connectivity index (χ2v) is 3.89. The second-order valence-electron chi connectivity index (χ2n) is 2.92. The maximum Gasteiger partial charge on any atom is 0.327 e. The van der Waals surface area contributed by atoms with Crippen molar-refractivity contribution in [2.45, 2.75) is 6.54 Å². The van der Waals surface area contributed by atoms with Crippen LogP contribution in [0.2, 0.25) is 5.15 Å². The minimum atomic E-state index is -0.151. The van der Waals surface area contributed by atoms with Gasteiger partial charge in [-0.05, 0) is 6.07 Å². The molecule has 0 aliphatic heterocycles. The zero-order valence-electron chi connectivity index (χ0n) is 8.53. The summed E-state index contributed by atoms with van der Waals surface area (Å²) in [6.07, 6.45) is 3.41. The highest BCUT2D eigenvalue weighted by Gasteiger charge is 2.09. The van der Waals surface area contributed by atoms with Gasteiger partial charge in [0.2, 0.25) is 0 Å². The summed E-state index contributed by atoms with van der Waals surface area (Å²) in [7, 11) is 1.70. The summed E-state index contributed by atoms with van der Waals surface area (Å²) in [6, 6.07) is 3.49. The Labute approximate surface area is 98.1 Å². The molecule has 82 valence electrons. The quantitative estimate of drug-likeness (QED) is 0.656. The number of hydrogen-bond acceptors (Lipinski definition) is 3.